The molecule has 0 radical (unpaired) electrons. The van der Waals surface area contributed by atoms with Gasteiger partial charge in [-0.2, -0.15) is 0 Å². The summed E-state index contributed by atoms with van der Waals surface area (Å²) in [5.74, 6) is 2.49. The predicted molar refractivity (Wildman–Crippen MR) is 108 cm³/mol. The summed E-state index contributed by atoms with van der Waals surface area (Å²) in [5.41, 5.74) is 8.08. The minimum absolute atomic E-state index is 0.0277. The van der Waals surface area contributed by atoms with Gasteiger partial charge in [0.15, 0.2) is 35.1 Å². The molecule has 0 aliphatic carbocycles. The van der Waals surface area contributed by atoms with Crippen LogP contribution in [0.1, 0.15) is 25.1 Å². The molecule has 3 aromatic rings. The van der Waals surface area contributed by atoms with E-state index in [0.717, 1.165) is 11.9 Å². The first-order valence-corrected chi connectivity index (χ1v) is 9.52. The van der Waals surface area contributed by atoms with Gasteiger partial charge in [0.2, 0.25) is 5.95 Å². The molecule has 9 nitrogen and oxygen atoms in total. The smallest absolute Gasteiger partial charge is 0.212 e. The number of aromatic hydroxyl groups is 1. The van der Waals surface area contributed by atoms with E-state index in [2.05, 4.69) is 15.3 Å². The van der Waals surface area contributed by atoms with E-state index in [4.69, 9.17) is 19.9 Å². The summed E-state index contributed by atoms with van der Waals surface area (Å²) in [6, 6.07) is 9.07. The number of para-hydroxylation sites is 1. The number of aromatic nitrogens is 2. The van der Waals surface area contributed by atoms with Crippen LogP contribution in [0.25, 0.3) is 11.0 Å². The molecule has 3 heterocycles. The first-order valence-electron chi connectivity index (χ1n) is 9.52. The highest BCUT2D eigenvalue weighted by Crippen LogP contribution is 2.42. The number of nitrogens with one attached hydrogen (secondary N) is 1. The van der Waals surface area contributed by atoms with Crippen molar-refractivity contribution in [1.29, 1.82) is 0 Å². The molecule has 1 aromatic heterocycles. The predicted octanol–water partition coefficient (Wildman–Crippen LogP) is 2.59. The number of guanidine groups is 1. The molecular weight excluding hydrogens is 374 g/mol. The third kappa shape index (κ3) is 2.86. The lowest BCUT2D eigenvalue weighted by Gasteiger charge is -2.25. The summed E-state index contributed by atoms with van der Waals surface area (Å²) in [6.45, 7) is 3.49. The minimum atomic E-state index is -0.610. The molecule has 0 spiro atoms. The Kier molecular flexibility index (Phi) is 4.08. The van der Waals surface area contributed by atoms with E-state index in [9.17, 15) is 5.11 Å². The maximum atomic E-state index is 10.8. The lowest BCUT2D eigenvalue weighted by molar-refractivity contribution is 0.297. The average molecular weight is 395 g/mol. The lowest BCUT2D eigenvalue weighted by Crippen LogP contribution is -2.31. The molecule has 0 amide bonds. The van der Waals surface area contributed by atoms with Crippen LogP contribution in [0.5, 0.6) is 23.0 Å². The standard InChI is InChI=1S/C20H21N5O4/c1-2-27-14-6-3-5-11(17(14)26)18-23-19(21)24-20-22-12-9-15-16(10-13(12)25(18)20)29-8-4-7-28-15/h3,5-6,9-10,18,26H,2,4,7-8H2,1H3,(H3,21,22,23,24)/t18-/m0/s1. The molecule has 0 bridgehead atoms. The van der Waals surface area contributed by atoms with E-state index in [1.165, 1.54) is 0 Å². The molecule has 150 valence electrons. The van der Waals surface area contributed by atoms with Crippen molar-refractivity contribution in [2.45, 2.75) is 19.5 Å². The van der Waals surface area contributed by atoms with Crippen LogP contribution < -0.4 is 25.3 Å². The molecule has 0 unspecified atom stereocenters. The fraction of sp³-hybridized carbons (Fsp3) is 0.300. The fourth-order valence-corrected chi connectivity index (χ4v) is 3.65. The van der Waals surface area contributed by atoms with Gasteiger partial charge in [0.1, 0.15) is 0 Å². The van der Waals surface area contributed by atoms with Crippen molar-refractivity contribution < 1.29 is 19.3 Å². The van der Waals surface area contributed by atoms with Crippen molar-refractivity contribution >= 4 is 22.9 Å². The average Bonchev–Trinajstić information content (AvgIpc) is 2.89. The molecule has 4 N–H and O–H groups in total. The minimum Gasteiger partial charge on any atom is -0.504 e. The summed E-state index contributed by atoms with van der Waals surface area (Å²) in [5, 5.41) is 13.8. The number of fused-ring (bicyclic) bond motifs is 4. The molecule has 0 saturated carbocycles. The number of imidazole rings is 1. The van der Waals surface area contributed by atoms with Crippen molar-refractivity contribution in [2.24, 2.45) is 10.7 Å². The quantitative estimate of drug-likeness (QED) is 0.624. The number of benzene rings is 2. The van der Waals surface area contributed by atoms with E-state index in [1.54, 1.807) is 12.1 Å². The Morgan fingerprint density at radius 3 is 2.86 bits per heavy atom. The Morgan fingerprint density at radius 1 is 1.28 bits per heavy atom. The molecule has 2 aromatic carbocycles. The van der Waals surface area contributed by atoms with Gasteiger partial charge in [-0.1, -0.05) is 12.1 Å². The molecule has 2 aliphatic rings. The van der Waals surface area contributed by atoms with Crippen molar-refractivity contribution in [2.75, 3.05) is 25.1 Å². The number of hydrogen-bond acceptors (Lipinski definition) is 8. The molecule has 0 fully saturated rings. The van der Waals surface area contributed by atoms with E-state index in [1.807, 2.05) is 29.7 Å². The number of hydrogen-bond donors (Lipinski definition) is 3. The highest BCUT2D eigenvalue weighted by Gasteiger charge is 2.29. The maximum absolute atomic E-state index is 10.8. The molecule has 29 heavy (non-hydrogen) atoms. The van der Waals surface area contributed by atoms with E-state index in [-0.39, 0.29) is 11.7 Å². The largest absolute Gasteiger partial charge is 0.504 e. The van der Waals surface area contributed by atoms with E-state index >= 15 is 0 Å². The van der Waals surface area contributed by atoms with E-state index in [0.29, 0.717) is 54.1 Å². The van der Waals surface area contributed by atoms with Crippen molar-refractivity contribution in [3.63, 3.8) is 0 Å². The van der Waals surface area contributed by atoms with Crippen LogP contribution in [0.3, 0.4) is 0 Å². The molecule has 5 rings (SSSR count). The summed E-state index contributed by atoms with van der Waals surface area (Å²) in [4.78, 5) is 9.18. The van der Waals surface area contributed by atoms with Gasteiger partial charge in [-0.15, -0.1) is 0 Å². The Balaban J connectivity index is 1.70. The molecule has 0 saturated heterocycles. The number of aliphatic imine (C=N–C) groups is 1. The van der Waals surface area contributed by atoms with Crippen LogP contribution in [0, 0.1) is 0 Å². The van der Waals surface area contributed by atoms with Crippen molar-refractivity contribution in [1.82, 2.24) is 9.55 Å². The van der Waals surface area contributed by atoms with Crippen molar-refractivity contribution in [3.8, 4) is 23.0 Å². The lowest BCUT2D eigenvalue weighted by atomic mass is 10.1. The van der Waals surface area contributed by atoms with Gasteiger partial charge in [0.25, 0.3) is 0 Å². The Bertz CT molecular complexity index is 1120. The summed E-state index contributed by atoms with van der Waals surface area (Å²) >= 11 is 0. The number of nitrogens with zero attached hydrogens (tertiary/aromatic N) is 3. The molecule has 1 atom stereocenters. The molecular formula is C20H21N5O4. The van der Waals surface area contributed by atoms with Gasteiger partial charge in [0.05, 0.1) is 30.9 Å². The van der Waals surface area contributed by atoms with Crippen LogP contribution in [0.4, 0.5) is 5.95 Å². The number of ether oxygens (including phenoxy) is 3. The maximum Gasteiger partial charge on any atom is 0.212 e. The Hall–Kier alpha value is -3.62. The van der Waals surface area contributed by atoms with Gasteiger partial charge in [-0.05, 0) is 13.0 Å². The second-order valence-corrected chi connectivity index (χ2v) is 6.78. The zero-order chi connectivity index (χ0) is 20.0. The van der Waals surface area contributed by atoms with Crippen molar-refractivity contribution in [3.05, 3.63) is 35.9 Å². The zero-order valence-corrected chi connectivity index (χ0v) is 15.9. The number of phenols is 1. The Morgan fingerprint density at radius 2 is 2.07 bits per heavy atom. The highest BCUT2D eigenvalue weighted by atomic mass is 16.5. The third-order valence-corrected chi connectivity index (χ3v) is 4.91. The first kappa shape index (κ1) is 17.5. The van der Waals surface area contributed by atoms with Crippen LogP contribution in [-0.2, 0) is 0 Å². The SMILES string of the molecule is CCOc1cccc([C@H]2N=C(N)Nc3nc4cc5c(cc4n32)OCCCO5)c1O. The van der Waals surface area contributed by atoms with Gasteiger partial charge in [-0.3, -0.25) is 9.88 Å². The van der Waals surface area contributed by atoms with Gasteiger partial charge in [0, 0.05) is 24.1 Å². The normalized spacial score (nSPS) is 17.8. The van der Waals surface area contributed by atoms with Gasteiger partial charge in [-0.25, -0.2) is 9.98 Å². The molecule has 2 aliphatic heterocycles. The third-order valence-electron chi connectivity index (χ3n) is 4.91. The monoisotopic (exact) mass is 395 g/mol. The number of nitrogens with two attached hydrogens (primary N) is 1. The van der Waals surface area contributed by atoms with Crippen LogP contribution in [0.15, 0.2) is 35.3 Å². The number of phenolic OH excluding ortho intramolecular Hbond substituents is 1. The van der Waals surface area contributed by atoms with Crippen LogP contribution in [-0.4, -0.2) is 40.4 Å². The Labute approximate surface area is 166 Å². The second-order valence-electron chi connectivity index (χ2n) is 6.78. The molecule has 9 heteroatoms. The number of anilines is 1. The highest BCUT2D eigenvalue weighted by molar-refractivity contribution is 5.95. The summed E-state index contributed by atoms with van der Waals surface area (Å²) < 4.78 is 19.0. The second kappa shape index (κ2) is 6.77. The van der Waals surface area contributed by atoms with Gasteiger partial charge >= 0.3 is 0 Å². The number of rotatable bonds is 3. The fourth-order valence-electron chi connectivity index (χ4n) is 3.65. The first-order chi connectivity index (χ1) is 14.2. The summed E-state index contributed by atoms with van der Waals surface area (Å²) in [6.07, 6.45) is 0.210. The zero-order valence-electron chi connectivity index (χ0n) is 15.9. The summed E-state index contributed by atoms with van der Waals surface area (Å²) in [7, 11) is 0. The van der Waals surface area contributed by atoms with Crippen LogP contribution >= 0.6 is 0 Å². The van der Waals surface area contributed by atoms with Crippen LogP contribution in [0.2, 0.25) is 0 Å². The topological polar surface area (TPSA) is 116 Å². The van der Waals surface area contributed by atoms with E-state index < -0.39 is 6.17 Å². The van der Waals surface area contributed by atoms with Gasteiger partial charge < -0.3 is 25.1 Å².